The van der Waals surface area contributed by atoms with E-state index < -0.39 is 5.60 Å². The first-order chi connectivity index (χ1) is 9.21. The largest absolute Gasteiger partial charge is 0.388 e. The second-order valence-corrected chi connectivity index (χ2v) is 6.55. The Labute approximate surface area is 122 Å². The molecule has 1 atom stereocenters. The van der Waals surface area contributed by atoms with Gasteiger partial charge >= 0.3 is 0 Å². The van der Waals surface area contributed by atoms with Gasteiger partial charge in [0.05, 0.1) is 5.60 Å². The molecule has 112 valence electrons. The van der Waals surface area contributed by atoms with Gasteiger partial charge in [-0.25, -0.2) is 0 Å². The third kappa shape index (κ3) is 5.33. The average molecular weight is 277 g/mol. The van der Waals surface area contributed by atoms with Crippen molar-refractivity contribution in [2.24, 2.45) is 5.92 Å². The number of nitrogens with one attached hydrogen (secondary N) is 1. The van der Waals surface area contributed by atoms with Crippen LogP contribution in [0.25, 0.3) is 0 Å². The predicted molar refractivity (Wildman–Crippen MR) is 82.9 cm³/mol. The second-order valence-electron chi connectivity index (χ2n) is 6.55. The van der Waals surface area contributed by atoms with E-state index in [9.17, 15) is 9.90 Å². The number of rotatable bonds is 6. The van der Waals surface area contributed by atoms with Crippen LogP contribution < -0.4 is 5.32 Å². The van der Waals surface area contributed by atoms with E-state index in [1.54, 1.807) is 6.92 Å². The van der Waals surface area contributed by atoms with Crippen LogP contribution in [0, 0.1) is 5.92 Å². The molecule has 3 nitrogen and oxygen atoms in total. The molecule has 20 heavy (non-hydrogen) atoms. The van der Waals surface area contributed by atoms with E-state index in [4.69, 9.17) is 0 Å². The van der Waals surface area contributed by atoms with Crippen molar-refractivity contribution in [2.45, 2.75) is 52.6 Å². The predicted octanol–water partition coefficient (Wildman–Crippen LogP) is 3.34. The fourth-order valence-corrected chi connectivity index (χ4v) is 2.34. The summed E-state index contributed by atoms with van der Waals surface area (Å²) in [6.45, 7) is 10.4. The van der Waals surface area contributed by atoms with E-state index in [-0.39, 0.29) is 12.5 Å². The Kier molecular flexibility index (Phi) is 5.75. The summed E-state index contributed by atoms with van der Waals surface area (Å²) < 4.78 is 0. The maximum atomic E-state index is 12.0. The minimum absolute atomic E-state index is 0.135. The first-order valence-corrected chi connectivity index (χ1v) is 7.32. The molecule has 0 aliphatic carbocycles. The fraction of sp³-hybridized carbons (Fsp3) is 0.588. The highest BCUT2D eigenvalue weighted by molar-refractivity contribution is 5.94. The third-order valence-corrected chi connectivity index (χ3v) is 3.32. The molecule has 0 aromatic heterocycles. The highest BCUT2D eigenvalue weighted by Gasteiger charge is 2.22. The number of carbonyl (C=O) groups excluding carboxylic acids is 1. The average Bonchev–Trinajstić information content (AvgIpc) is 2.34. The summed E-state index contributed by atoms with van der Waals surface area (Å²) >= 11 is 0. The second kappa shape index (κ2) is 6.89. The fourth-order valence-electron chi connectivity index (χ4n) is 2.34. The van der Waals surface area contributed by atoms with Crippen LogP contribution >= 0.6 is 0 Å². The van der Waals surface area contributed by atoms with Gasteiger partial charge < -0.3 is 10.4 Å². The first-order valence-electron chi connectivity index (χ1n) is 7.32. The minimum atomic E-state index is -0.859. The van der Waals surface area contributed by atoms with Gasteiger partial charge in [0, 0.05) is 12.1 Å². The molecule has 0 aliphatic heterocycles. The molecular weight excluding hydrogens is 250 g/mol. The lowest BCUT2D eigenvalue weighted by atomic mass is 9.94. The van der Waals surface area contributed by atoms with Gasteiger partial charge in [-0.05, 0) is 42.9 Å². The van der Waals surface area contributed by atoms with E-state index >= 15 is 0 Å². The molecular formula is C17H27NO2. The van der Waals surface area contributed by atoms with Gasteiger partial charge in [0.15, 0.2) is 0 Å². The molecule has 1 unspecified atom stereocenters. The summed E-state index contributed by atoms with van der Waals surface area (Å²) in [4.78, 5) is 12.0. The lowest BCUT2D eigenvalue weighted by molar-refractivity contribution is 0.0368. The summed E-state index contributed by atoms with van der Waals surface area (Å²) in [7, 11) is 0. The Balaban J connectivity index is 2.58. The molecule has 0 saturated carbocycles. The molecule has 0 saturated heterocycles. The van der Waals surface area contributed by atoms with Crippen LogP contribution in [0.1, 0.15) is 62.9 Å². The topological polar surface area (TPSA) is 49.3 Å². The lowest BCUT2D eigenvalue weighted by Crippen LogP contribution is -2.41. The van der Waals surface area contributed by atoms with Crippen LogP contribution in [0.3, 0.4) is 0 Å². The Morgan fingerprint density at radius 1 is 1.20 bits per heavy atom. The van der Waals surface area contributed by atoms with E-state index in [0.717, 1.165) is 0 Å². The van der Waals surface area contributed by atoms with Crippen molar-refractivity contribution >= 4 is 5.91 Å². The number of aliphatic hydroxyl groups is 1. The van der Waals surface area contributed by atoms with Crippen molar-refractivity contribution in [3.05, 3.63) is 35.4 Å². The van der Waals surface area contributed by atoms with Crippen molar-refractivity contribution in [2.75, 3.05) is 6.54 Å². The number of hydrogen-bond acceptors (Lipinski definition) is 2. The van der Waals surface area contributed by atoms with Crippen molar-refractivity contribution in [1.29, 1.82) is 0 Å². The summed E-state index contributed by atoms with van der Waals surface area (Å²) in [5.74, 6) is 0.718. The number of carbonyl (C=O) groups is 1. The Hall–Kier alpha value is -1.35. The molecule has 0 radical (unpaired) electrons. The van der Waals surface area contributed by atoms with E-state index in [1.807, 2.05) is 24.3 Å². The zero-order valence-electron chi connectivity index (χ0n) is 13.2. The van der Waals surface area contributed by atoms with Crippen LogP contribution in [0.2, 0.25) is 0 Å². The van der Waals surface area contributed by atoms with Gasteiger partial charge in [0.25, 0.3) is 5.91 Å². The SMILES string of the molecule is CC(C)CC(C)(O)CNC(=O)c1ccc(C(C)C)cc1. The molecule has 0 aliphatic rings. The van der Waals surface area contributed by atoms with Crippen LogP contribution in [-0.4, -0.2) is 23.2 Å². The Morgan fingerprint density at radius 2 is 1.75 bits per heavy atom. The molecule has 0 bridgehead atoms. The molecule has 0 spiro atoms. The molecule has 1 aromatic rings. The number of hydrogen-bond donors (Lipinski definition) is 2. The highest BCUT2D eigenvalue weighted by Crippen LogP contribution is 2.16. The van der Waals surface area contributed by atoms with Crippen molar-refractivity contribution in [3.8, 4) is 0 Å². The van der Waals surface area contributed by atoms with Crippen molar-refractivity contribution in [1.82, 2.24) is 5.32 Å². The molecule has 0 heterocycles. The summed E-state index contributed by atoms with van der Waals surface area (Å²) in [5.41, 5.74) is 0.991. The molecule has 1 aromatic carbocycles. The van der Waals surface area contributed by atoms with Gasteiger partial charge in [-0.3, -0.25) is 4.79 Å². The standard InChI is InChI=1S/C17H27NO2/c1-12(2)10-17(5,20)11-18-16(19)15-8-6-14(7-9-15)13(3)4/h6-9,12-13,20H,10-11H2,1-5H3,(H,18,19). The van der Waals surface area contributed by atoms with Gasteiger partial charge in [0.2, 0.25) is 0 Å². The van der Waals surface area contributed by atoms with Crippen LogP contribution in [0.4, 0.5) is 0 Å². The van der Waals surface area contributed by atoms with Crippen LogP contribution in [-0.2, 0) is 0 Å². The smallest absolute Gasteiger partial charge is 0.251 e. The van der Waals surface area contributed by atoms with Gasteiger partial charge in [-0.2, -0.15) is 0 Å². The molecule has 0 fully saturated rings. The summed E-state index contributed by atoms with van der Waals surface area (Å²) in [6.07, 6.45) is 0.666. The molecule has 1 rings (SSSR count). The Bertz CT molecular complexity index is 433. The maximum Gasteiger partial charge on any atom is 0.251 e. The third-order valence-electron chi connectivity index (χ3n) is 3.32. The summed E-state index contributed by atoms with van der Waals surface area (Å²) in [5, 5.41) is 13.0. The quantitative estimate of drug-likeness (QED) is 0.838. The van der Waals surface area contributed by atoms with Crippen molar-refractivity contribution in [3.63, 3.8) is 0 Å². The van der Waals surface area contributed by atoms with Gasteiger partial charge in [-0.15, -0.1) is 0 Å². The van der Waals surface area contributed by atoms with Crippen LogP contribution in [0.15, 0.2) is 24.3 Å². The van der Waals surface area contributed by atoms with Gasteiger partial charge in [0.1, 0.15) is 0 Å². The van der Waals surface area contributed by atoms with E-state index in [2.05, 4.69) is 33.0 Å². The summed E-state index contributed by atoms with van der Waals surface area (Å²) in [6, 6.07) is 7.63. The number of amides is 1. The highest BCUT2D eigenvalue weighted by atomic mass is 16.3. The molecule has 3 heteroatoms. The number of benzene rings is 1. The van der Waals surface area contributed by atoms with E-state index in [0.29, 0.717) is 23.8 Å². The first kappa shape index (κ1) is 16.7. The molecule has 1 amide bonds. The van der Waals surface area contributed by atoms with E-state index in [1.165, 1.54) is 5.56 Å². The lowest BCUT2D eigenvalue weighted by Gasteiger charge is -2.25. The zero-order valence-corrected chi connectivity index (χ0v) is 13.2. The monoisotopic (exact) mass is 277 g/mol. The van der Waals surface area contributed by atoms with Gasteiger partial charge in [-0.1, -0.05) is 39.8 Å². The maximum absolute atomic E-state index is 12.0. The van der Waals surface area contributed by atoms with Crippen LogP contribution in [0.5, 0.6) is 0 Å². The normalized spacial score (nSPS) is 14.4. The molecule has 2 N–H and O–H groups in total. The zero-order chi connectivity index (χ0) is 15.3. The van der Waals surface area contributed by atoms with Crippen molar-refractivity contribution < 1.29 is 9.90 Å². The Morgan fingerprint density at radius 3 is 2.20 bits per heavy atom. The minimum Gasteiger partial charge on any atom is -0.388 e.